The Hall–Kier alpha value is -2.34. The number of nitrogens with zero attached hydrogens (tertiary/aromatic N) is 1. The van der Waals surface area contributed by atoms with Crippen molar-refractivity contribution in [2.75, 3.05) is 6.61 Å². The lowest BCUT2D eigenvalue weighted by Gasteiger charge is -2.66. The van der Waals surface area contributed by atoms with Crippen molar-refractivity contribution >= 4 is 27.4 Å². The predicted octanol–water partition coefficient (Wildman–Crippen LogP) is 8.73. The Bertz CT molecular complexity index is 1860. The molecule has 4 heterocycles. The Morgan fingerprint density at radius 2 is 1.80 bits per heavy atom. The monoisotopic (exact) mass is 609 g/mol. The van der Waals surface area contributed by atoms with Gasteiger partial charge in [-0.2, -0.15) is 0 Å². The van der Waals surface area contributed by atoms with Gasteiger partial charge in [-0.1, -0.05) is 27.4 Å². The van der Waals surface area contributed by atoms with Gasteiger partial charge >= 0.3 is 0 Å². The number of allylic oxidation sites excluding steroid dienone is 1. The lowest BCUT2D eigenvalue weighted by Crippen LogP contribution is -2.63. The third-order valence-electron chi connectivity index (χ3n) is 14.7. The zero-order valence-electron chi connectivity index (χ0n) is 28.6. The van der Waals surface area contributed by atoms with Crippen molar-refractivity contribution in [2.24, 2.45) is 28.6 Å². The molecule has 2 saturated carbocycles. The fourth-order valence-electron chi connectivity index (χ4n) is 13.1. The van der Waals surface area contributed by atoms with Gasteiger partial charge in [0.25, 0.3) is 0 Å². The second-order valence-electron chi connectivity index (χ2n) is 17.7. The van der Waals surface area contributed by atoms with Crippen molar-refractivity contribution in [3.63, 3.8) is 0 Å². The molecular weight excluding hydrogens is 558 g/mol. The fourth-order valence-corrected chi connectivity index (χ4v) is 13.1. The highest BCUT2D eigenvalue weighted by Crippen LogP contribution is 2.72. The molecule has 2 N–H and O–H groups in total. The molecule has 9 rings (SSSR count). The van der Waals surface area contributed by atoms with E-state index in [1.807, 2.05) is 6.92 Å². The topological polar surface area (TPSA) is 63.3 Å². The molecule has 6 aliphatic rings. The average Bonchev–Trinajstić information content (AvgIpc) is 3.61. The number of aliphatic hydroxyl groups is 1. The van der Waals surface area contributed by atoms with Gasteiger partial charge < -0.3 is 24.1 Å². The lowest BCUT2D eigenvalue weighted by atomic mass is 9.40. The quantitative estimate of drug-likeness (QED) is 0.290. The summed E-state index contributed by atoms with van der Waals surface area (Å²) in [5.41, 5.74) is 8.01. The van der Waals surface area contributed by atoms with Gasteiger partial charge in [0.05, 0.1) is 34.6 Å². The molecule has 5 heteroatoms. The normalized spacial score (nSPS) is 40.8. The largest absolute Gasteiger partial charge is 0.505 e. The summed E-state index contributed by atoms with van der Waals surface area (Å²) in [6.07, 6.45) is 10.1. The number of benzene rings is 1. The Kier molecular flexibility index (Phi) is 5.37. The van der Waals surface area contributed by atoms with E-state index in [0.29, 0.717) is 17.9 Å². The molecular formula is C40H51NO4. The zero-order valence-corrected chi connectivity index (χ0v) is 28.6. The van der Waals surface area contributed by atoms with Crippen LogP contribution >= 0.6 is 0 Å². The molecule has 0 radical (unpaired) electrons. The van der Waals surface area contributed by atoms with E-state index in [4.69, 9.17) is 9.47 Å². The Labute approximate surface area is 268 Å². The molecule has 0 bridgehead atoms. The SMILES string of the molecule is C=C(C)c1c(O)c2c3c(cc4c5c(n1c42)C1(C)C(CCC2[C@]4(C)CCCO[C@H]4CC[C@@]21C)C5)C1=CC(C)(C)OC(C)(C)C1[C@@H]3O. The summed E-state index contributed by atoms with van der Waals surface area (Å²) < 4.78 is 15.5. The Balaban J connectivity index is 1.35. The summed E-state index contributed by atoms with van der Waals surface area (Å²) in [5.74, 6) is 1.24. The van der Waals surface area contributed by atoms with Gasteiger partial charge in [0.1, 0.15) is 5.75 Å². The summed E-state index contributed by atoms with van der Waals surface area (Å²) in [4.78, 5) is 0. The second kappa shape index (κ2) is 8.38. The van der Waals surface area contributed by atoms with E-state index >= 15 is 0 Å². The van der Waals surface area contributed by atoms with E-state index < -0.39 is 17.3 Å². The smallest absolute Gasteiger partial charge is 0.149 e. The summed E-state index contributed by atoms with van der Waals surface area (Å²) >= 11 is 0. The van der Waals surface area contributed by atoms with E-state index in [1.54, 1.807) is 0 Å². The van der Waals surface area contributed by atoms with Crippen molar-refractivity contribution in [2.45, 2.75) is 129 Å². The number of ether oxygens (including phenoxy) is 2. The molecule has 3 fully saturated rings. The van der Waals surface area contributed by atoms with Gasteiger partial charge in [0.2, 0.25) is 0 Å². The highest BCUT2D eigenvalue weighted by Gasteiger charge is 2.68. The summed E-state index contributed by atoms with van der Waals surface area (Å²) in [7, 11) is 0. The van der Waals surface area contributed by atoms with Crippen LogP contribution in [0.3, 0.4) is 0 Å². The minimum absolute atomic E-state index is 0.0498. The van der Waals surface area contributed by atoms with Crippen LogP contribution in [0.2, 0.25) is 0 Å². The van der Waals surface area contributed by atoms with E-state index in [-0.39, 0.29) is 27.9 Å². The van der Waals surface area contributed by atoms with Crippen LogP contribution in [0.4, 0.5) is 0 Å². The minimum Gasteiger partial charge on any atom is -0.505 e. The Morgan fingerprint density at radius 3 is 2.53 bits per heavy atom. The predicted molar refractivity (Wildman–Crippen MR) is 180 cm³/mol. The maximum atomic E-state index is 12.3. The van der Waals surface area contributed by atoms with Gasteiger partial charge in [-0.15, -0.1) is 0 Å². The first-order valence-corrected chi connectivity index (χ1v) is 17.6. The van der Waals surface area contributed by atoms with Crippen molar-refractivity contribution in [3.8, 4) is 5.75 Å². The number of rotatable bonds is 1. The third-order valence-corrected chi connectivity index (χ3v) is 14.7. The summed E-state index contributed by atoms with van der Waals surface area (Å²) in [6.45, 7) is 23.5. The van der Waals surface area contributed by atoms with E-state index in [0.717, 1.165) is 64.7 Å². The second-order valence-corrected chi connectivity index (χ2v) is 17.7. The minimum atomic E-state index is -0.761. The van der Waals surface area contributed by atoms with Gasteiger partial charge in [0.15, 0.2) is 0 Å². The van der Waals surface area contributed by atoms with E-state index in [2.05, 4.69) is 71.6 Å². The van der Waals surface area contributed by atoms with Crippen LogP contribution in [0.5, 0.6) is 5.75 Å². The highest BCUT2D eigenvalue weighted by atomic mass is 16.5. The van der Waals surface area contributed by atoms with Crippen LogP contribution in [0, 0.1) is 28.6 Å². The standard InChI is InChI=1S/C40H51NO4/c1-20(2)31-34(43)29-28-22(25-19-36(3,4)45-37(5,6)30(25)33(28)42)18-23-24-17-21-11-12-26-38(7)14-10-16-44-27(38)13-15-39(26,8)40(21,9)35(24)41(31)32(23)29/h18-19,21,26-27,30,33,42-43H,1,10-17H2,2-9H3/t21?,26?,27-,30?,33+,38-,39-,40?/m0/s1. The molecule has 1 aromatic carbocycles. The van der Waals surface area contributed by atoms with Crippen molar-refractivity contribution < 1.29 is 19.7 Å². The van der Waals surface area contributed by atoms with Crippen LogP contribution in [-0.2, 0) is 21.3 Å². The first kappa shape index (κ1) is 28.8. The van der Waals surface area contributed by atoms with Crippen molar-refractivity contribution in [1.29, 1.82) is 0 Å². The van der Waals surface area contributed by atoms with Gasteiger partial charge in [0, 0.05) is 40.0 Å². The van der Waals surface area contributed by atoms with Crippen LogP contribution in [0.25, 0.3) is 27.4 Å². The first-order chi connectivity index (χ1) is 21.1. The molecule has 240 valence electrons. The molecule has 0 amide bonds. The number of hydrogen-bond donors (Lipinski definition) is 2. The van der Waals surface area contributed by atoms with Gasteiger partial charge in [-0.05, 0) is 137 Å². The first-order valence-electron chi connectivity index (χ1n) is 17.6. The number of aromatic hydroxyl groups is 1. The van der Waals surface area contributed by atoms with Crippen LogP contribution < -0.4 is 0 Å². The lowest BCUT2D eigenvalue weighted by molar-refractivity contribution is -0.201. The van der Waals surface area contributed by atoms with E-state index in [9.17, 15) is 10.2 Å². The number of aromatic nitrogens is 1. The third kappa shape index (κ3) is 3.13. The molecule has 0 spiro atoms. The summed E-state index contributed by atoms with van der Waals surface area (Å²) in [6, 6.07) is 2.39. The van der Waals surface area contributed by atoms with Crippen molar-refractivity contribution in [3.05, 3.63) is 46.8 Å². The molecule has 8 atom stereocenters. The number of fused-ring (bicyclic) bond motifs is 13. The zero-order chi connectivity index (χ0) is 31.8. The van der Waals surface area contributed by atoms with Crippen molar-refractivity contribution in [1.82, 2.24) is 4.40 Å². The molecule has 4 unspecified atom stereocenters. The molecule has 4 aliphatic carbocycles. The highest BCUT2D eigenvalue weighted by molar-refractivity contribution is 6.11. The number of aliphatic hydroxyl groups excluding tert-OH is 1. The fraction of sp³-hybridized carbons (Fsp3) is 0.650. The van der Waals surface area contributed by atoms with Crippen LogP contribution in [0.1, 0.15) is 128 Å². The molecule has 5 nitrogen and oxygen atoms in total. The van der Waals surface area contributed by atoms with Crippen LogP contribution in [-0.4, -0.2) is 38.5 Å². The molecule has 2 aliphatic heterocycles. The Morgan fingerprint density at radius 1 is 1.04 bits per heavy atom. The molecule has 1 saturated heterocycles. The maximum absolute atomic E-state index is 12.3. The summed E-state index contributed by atoms with van der Waals surface area (Å²) in [5, 5.41) is 26.5. The van der Waals surface area contributed by atoms with Gasteiger partial charge in [-0.25, -0.2) is 0 Å². The van der Waals surface area contributed by atoms with Gasteiger partial charge in [-0.3, -0.25) is 0 Å². The average molecular weight is 610 g/mol. The van der Waals surface area contributed by atoms with E-state index in [1.165, 1.54) is 42.3 Å². The maximum Gasteiger partial charge on any atom is 0.149 e. The molecule has 45 heavy (non-hydrogen) atoms. The van der Waals surface area contributed by atoms with Crippen LogP contribution in [0.15, 0.2) is 18.7 Å². The number of hydrogen-bond acceptors (Lipinski definition) is 4. The molecule has 2 aromatic heterocycles. The molecule has 3 aromatic rings.